The number of ether oxygens (including phenoxy) is 1. The number of aromatic hydroxyl groups is 1. The number of benzene rings is 3. The molecule has 0 fully saturated rings. The predicted octanol–water partition coefficient (Wildman–Crippen LogP) is 7.07. The Morgan fingerprint density at radius 1 is 1.11 bits per heavy atom. The van der Waals surface area contributed by atoms with Crippen molar-refractivity contribution in [3.8, 4) is 11.5 Å². The van der Waals surface area contributed by atoms with Gasteiger partial charge in [0.05, 0.1) is 18.3 Å². The lowest BCUT2D eigenvalue weighted by molar-refractivity contribution is -0.111. The molecule has 3 aromatic carbocycles. The molecule has 1 amide bonds. The Kier molecular flexibility index (Phi) is 7.31. The van der Waals surface area contributed by atoms with Crippen LogP contribution in [0.25, 0.3) is 17.0 Å². The fourth-order valence-electron chi connectivity index (χ4n) is 4.63. The number of phenols is 1. The molecule has 2 N–H and O–H groups in total. The minimum atomic E-state index is -0.251. The van der Waals surface area contributed by atoms with Crippen molar-refractivity contribution in [2.75, 3.05) is 17.3 Å². The molecule has 6 nitrogen and oxygen atoms in total. The maximum atomic E-state index is 12.8. The number of methoxy groups -OCH3 is 1. The van der Waals surface area contributed by atoms with Gasteiger partial charge in [-0.05, 0) is 66.4 Å². The summed E-state index contributed by atoms with van der Waals surface area (Å²) in [5.41, 5.74) is 6.14. The average molecular weight is 506 g/mol. The first-order valence-electron chi connectivity index (χ1n) is 12.7. The second-order valence-corrected chi connectivity index (χ2v) is 9.24. The van der Waals surface area contributed by atoms with Gasteiger partial charge >= 0.3 is 0 Å². The maximum absolute atomic E-state index is 12.8. The van der Waals surface area contributed by atoms with Crippen LogP contribution in [0.5, 0.6) is 11.5 Å². The van der Waals surface area contributed by atoms with Crippen LogP contribution in [0.15, 0.2) is 103 Å². The molecule has 0 spiro atoms. The van der Waals surface area contributed by atoms with Gasteiger partial charge in [0, 0.05) is 42.3 Å². The standard InChI is InChI=1S/C32H31N3O3/c1-3-23-6-5-18-34(21-23)27-13-9-25(10-14-27)22-35-19-17-26-7-4-8-28(32(26)35)33-31(37)16-12-24-11-15-30(38-2)29(36)20-24/h4-5,7-21,36H,3,6,22H2,1-2H3,(H,33,37). The van der Waals surface area contributed by atoms with Crippen LogP contribution in [-0.2, 0) is 11.3 Å². The lowest BCUT2D eigenvalue weighted by Gasteiger charge is -2.21. The van der Waals surface area contributed by atoms with Crippen LogP contribution in [0.3, 0.4) is 0 Å². The average Bonchev–Trinajstić information content (AvgIpc) is 3.36. The van der Waals surface area contributed by atoms with Gasteiger partial charge in [-0.1, -0.05) is 48.9 Å². The van der Waals surface area contributed by atoms with Crippen LogP contribution in [0.2, 0.25) is 0 Å². The quantitative estimate of drug-likeness (QED) is 0.251. The molecule has 38 heavy (non-hydrogen) atoms. The Labute approximate surface area is 222 Å². The molecule has 2 heterocycles. The van der Waals surface area contributed by atoms with Gasteiger partial charge in [0.2, 0.25) is 5.91 Å². The lowest BCUT2D eigenvalue weighted by Crippen LogP contribution is -2.11. The molecule has 0 radical (unpaired) electrons. The van der Waals surface area contributed by atoms with E-state index < -0.39 is 0 Å². The Morgan fingerprint density at radius 3 is 2.71 bits per heavy atom. The second-order valence-electron chi connectivity index (χ2n) is 9.24. The Balaban J connectivity index is 1.32. The van der Waals surface area contributed by atoms with Crippen LogP contribution < -0.4 is 15.0 Å². The molecular formula is C32H31N3O3. The van der Waals surface area contributed by atoms with Crippen molar-refractivity contribution in [3.05, 3.63) is 114 Å². The summed E-state index contributed by atoms with van der Waals surface area (Å²) in [5.74, 6) is 0.165. The number of anilines is 2. The minimum absolute atomic E-state index is 0.0280. The largest absolute Gasteiger partial charge is 0.504 e. The predicted molar refractivity (Wildman–Crippen MR) is 154 cm³/mol. The third kappa shape index (κ3) is 5.49. The van der Waals surface area contributed by atoms with Crippen LogP contribution in [-0.4, -0.2) is 22.7 Å². The topological polar surface area (TPSA) is 66.7 Å². The van der Waals surface area contributed by atoms with Crippen molar-refractivity contribution in [2.45, 2.75) is 26.3 Å². The SMILES string of the molecule is CCC1=CN(c2ccc(Cn3ccc4cccc(NC(=O)C=Cc5ccc(OC)c(O)c5)c43)cc2)C=CC1. The monoisotopic (exact) mass is 505 g/mol. The number of allylic oxidation sites excluding steroid dienone is 2. The van der Waals surface area contributed by atoms with Crippen LogP contribution >= 0.6 is 0 Å². The molecule has 0 atom stereocenters. The van der Waals surface area contributed by atoms with Crippen molar-refractivity contribution < 1.29 is 14.6 Å². The highest BCUT2D eigenvalue weighted by Crippen LogP contribution is 2.28. The molecule has 0 bridgehead atoms. The number of hydrogen-bond acceptors (Lipinski definition) is 4. The minimum Gasteiger partial charge on any atom is -0.504 e. The zero-order valence-corrected chi connectivity index (χ0v) is 21.6. The molecule has 1 aliphatic heterocycles. The van der Waals surface area contributed by atoms with Crippen molar-refractivity contribution in [1.82, 2.24) is 4.57 Å². The number of fused-ring (bicyclic) bond motifs is 1. The molecule has 1 aliphatic rings. The molecule has 4 aromatic rings. The number of para-hydroxylation sites is 1. The number of rotatable bonds is 8. The highest BCUT2D eigenvalue weighted by atomic mass is 16.5. The Bertz CT molecular complexity index is 1540. The van der Waals surface area contributed by atoms with Gasteiger partial charge in [0.1, 0.15) is 0 Å². The molecule has 1 aromatic heterocycles. The van der Waals surface area contributed by atoms with Crippen LogP contribution in [0.1, 0.15) is 30.9 Å². The van der Waals surface area contributed by atoms with Gasteiger partial charge in [-0.25, -0.2) is 0 Å². The first-order valence-corrected chi connectivity index (χ1v) is 12.7. The van der Waals surface area contributed by atoms with E-state index in [9.17, 15) is 9.90 Å². The summed E-state index contributed by atoms with van der Waals surface area (Å²) in [4.78, 5) is 14.9. The molecule has 0 unspecified atom stereocenters. The van der Waals surface area contributed by atoms with Crippen molar-refractivity contribution in [3.63, 3.8) is 0 Å². The van der Waals surface area contributed by atoms with E-state index in [1.165, 1.54) is 24.3 Å². The number of carbonyl (C=O) groups excluding carboxylic acids is 1. The van der Waals surface area contributed by atoms with Gasteiger partial charge in [0.15, 0.2) is 11.5 Å². The summed E-state index contributed by atoms with van der Waals surface area (Å²) in [6, 6.07) is 21.5. The van der Waals surface area contributed by atoms with E-state index in [1.54, 1.807) is 24.3 Å². The number of aromatic nitrogens is 1. The van der Waals surface area contributed by atoms with Crippen LogP contribution in [0, 0.1) is 0 Å². The van der Waals surface area contributed by atoms with E-state index in [1.807, 2.05) is 24.4 Å². The lowest BCUT2D eigenvalue weighted by atomic mass is 10.1. The molecule has 5 rings (SSSR count). The number of nitrogens with zero attached hydrogens (tertiary/aromatic N) is 2. The highest BCUT2D eigenvalue weighted by Gasteiger charge is 2.11. The zero-order chi connectivity index (χ0) is 26.5. The van der Waals surface area contributed by atoms with Crippen molar-refractivity contribution in [2.24, 2.45) is 0 Å². The first-order chi connectivity index (χ1) is 18.5. The Hall–Kier alpha value is -4.71. The fraction of sp³-hybridized carbons (Fsp3) is 0.156. The summed E-state index contributed by atoms with van der Waals surface area (Å²) in [5, 5.41) is 14.0. The summed E-state index contributed by atoms with van der Waals surface area (Å²) in [7, 11) is 1.50. The number of hydrogen-bond donors (Lipinski definition) is 2. The smallest absolute Gasteiger partial charge is 0.248 e. The van der Waals surface area contributed by atoms with Crippen LogP contribution in [0.4, 0.5) is 11.4 Å². The normalized spacial score (nSPS) is 13.2. The first kappa shape index (κ1) is 25.0. The van der Waals surface area contributed by atoms with E-state index in [4.69, 9.17) is 4.74 Å². The summed E-state index contributed by atoms with van der Waals surface area (Å²) < 4.78 is 7.22. The summed E-state index contributed by atoms with van der Waals surface area (Å²) in [6.07, 6.45) is 13.8. The number of phenolic OH excluding ortho intramolecular Hbond substituents is 1. The molecule has 0 saturated heterocycles. The van der Waals surface area contributed by atoms with E-state index in [0.717, 1.165) is 35.1 Å². The van der Waals surface area contributed by atoms with Crippen molar-refractivity contribution >= 4 is 34.3 Å². The molecule has 6 heteroatoms. The zero-order valence-electron chi connectivity index (χ0n) is 21.6. The highest BCUT2D eigenvalue weighted by molar-refractivity contribution is 6.06. The van der Waals surface area contributed by atoms with Gasteiger partial charge in [-0.2, -0.15) is 0 Å². The van der Waals surface area contributed by atoms with E-state index in [2.05, 4.69) is 70.5 Å². The number of nitrogens with one attached hydrogen (secondary N) is 1. The fourth-order valence-corrected chi connectivity index (χ4v) is 4.63. The van der Waals surface area contributed by atoms with Gasteiger partial charge < -0.3 is 24.6 Å². The van der Waals surface area contributed by atoms with E-state index in [0.29, 0.717) is 17.9 Å². The van der Waals surface area contributed by atoms with E-state index in [-0.39, 0.29) is 11.7 Å². The Morgan fingerprint density at radius 2 is 1.95 bits per heavy atom. The second kappa shape index (κ2) is 11.1. The van der Waals surface area contributed by atoms with E-state index >= 15 is 0 Å². The maximum Gasteiger partial charge on any atom is 0.248 e. The van der Waals surface area contributed by atoms with Gasteiger partial charge in [0.25, 0.3) is 0 Å². The molecule has 0 saturated carbocycles. The third-order valence-electron chi connectivity index (χ3n) is 6.69. The number of amides is 1. The van der Waals surface area contributed by atoms with Gasteiger partial charge in [-0.15, -0.1) is 0 Å². The third-order valence-corrected chi connectivity index (χ3v) is 6.69. The van der Waals surface area contributed by atoms with Crippen molar-refractivity contribution in [1.29, 1.82) is 0 Å². The molecule has 0 aliphatic carbocycles. The number of carbonyl (C=O) groups is 1. The molecule has 192 valence electrons. The molecular weight excluding hydrogens is 474 g/mol. The summed E-state index contributed by atoms with van der Waals surface area (Å²) >= 11 is 0. The summed E-state index contributed by atoms with van der Waals surface area (Å²) in [6.45, 7) is 2.87. The van der Waals surface area contributed by atoms with Gasteiger partial charge in [-0.3, -0.25) is 4.79 Å².